The third-order valence-electron chi connectivity index (χ3n) is 7.79. The van der Waals surface area contributed by atoms with E-state index in [0.717, 1.165) is 11.1 Å². The quantitative estimate of drug-likeness (QED) is 0.146. The van der Waals surface area contributed by atoms with Gasteiger partial charge in [-0.25, -0.2) is 28.8 Å². The Morgan fingerprint density at radius 2 is 1.61 bits per heavy atom. The van der Waals surface area contributed by atoms with Crippen LogP contribution in [-0.2, 0) is 16.0 Å². The number of nitrogens with one attached hydrogen (secondary N) is 1. The standard InChI is InChI=1S/C33H49N7O5Si/c1-31(2,3)43-29(41)35-16-12-13-17-39-28-25(27(34)36-20-37-28)26(38-39)24-19-21-18-22(45-46(10,11)33(7,8)9)14-15-23(21)40(24)30(42)44-32(4,5)6/h14-15,18-20H,12-13,16-17H2,1-11H3,(H,35,41)(H2,34,36,37). The number of anilines is 1. The molecule has 0 spiro atoms. The van der Waals surface area contributed by atoms with Crippen molar-refractivity contribution in [2.75, 3.05) is 12.3 Å². The maximum absolute atomic E-state index is 13.8. The minimum atomic E-state index is -2.11. The van der Waals surface area contributed by atoms with Gasteiger partial charge in [-0.1, -0.05) is 20.8 Å². The number of benzene rings is 1. The van der Waals surface area contributed by atoms with Gasteiger partial charge in [-0.05, 0) is 96.8 Å². The Morgan fingerprint density at radius 3 is 2.24 bits per heavy atom. The normalized spacial score (nSPS) is 12.8. The third-order valence-corrected chi connectivity index (χ3v) is 12.2. The zero-order chi connectivity index (χ0) is 34.2. The molecule has 0 radical (unpaired) electrons. The van der Waals surface area contributed by atoms with Gasteiger partial charge in [0.25, 0.3) is 0 Å². The van der Waals surface area contributed by atoms with E-state index in [1.807, 2.05) is 65.8 Å². The van der Waals surface area contributed by atoms with Crippen LogP contribution < -0.4 is 15.5 Å². The molecular weight excluding hydrogens is 602 g/mol. The lowest BCUT2D eigenvalue weighted by atomic mass is 10.2. The number of unbranched alkanes of at least 4 members (excludes halogenated alkanes) is 1. The zero-order valence-corrected chi connectivity index (χ0v) is 30.1. The van der Waals surface area contributed by atoms with Crippen LogP contribution in [0, 0.1) is 0 Å². The number of alkyl carbamates (subject to hydrolysis) is 1. The number of nitrogen functional groups attached to an aromatic ring is 1. The topological polar surface area (TPSA) is 148 Å². The first-order valence-electron chi connectivity index (χ1n) is 15.7. The first-order chi connectivity index (χ1) is 21.2. The van der Waals surface area contributed by atoms with E-state index in [2.05, 4.69) is 49.1 Å². The fourth-order valence-corrected chi connectivity index (χ4v) is 5.66. The largest absolute Gasteiger partial charge is 0.543 e. The van der Waals surface area contributed by atoms with Gasteiger partial charge in [0.2, 0.25) is 8.32 Å². The molecule has 0 saturated heterocycles. The highest BCUT2D eigenvalue weighted by Gasteiger charge is 2.39. The minimum absolute atomic E-state index is 0.0185. The molecular formula is C33H49N7O5Si. The lowest BCUT2D eigenvalue weighted by molar-refractivity contribution is 0.0521. The number of rotatable bonds is 8. The highest BCUT2D eigenvalue weighted by molar-refractivity contribution is 6.74. The molecule has 0 atom stereocenters. The van der Waals surface area contributed by atoms with Crippen LogP contribution in [0.3, 0.4) is 0 Å². The predicted molar refractivity (Wildman–Crippen MR) is 184 cm³/mol. The Kier molecular flexibility index (Phi) is 9.50. The van der Waals surface area contributed by atoms with Gasteiger partial charge in [0.15, 0.2) is 5.65 Å². The average molecular weight is 652 g/mol. The minimum Gasteiger partial charge on any atom is -0.543 e. The summed E-state index contributed by atoms with van der Waals surface area (Å²) in [5.41, 5.74) is 7.30. The molecule has 0 aliphatic rings. The summed E-state index contributed by atoms with van der Waals surface area (Å²) >= 11 is 0. The SMILES string of the molecule is CC(C)(C)OC(=O)NCCCCn1nc(-c2cc3cc(O[Si](C)(C)C(C)(C)C)ccc3n2C(=O)OC(C)(C)C)c2c(N)ncnc21. The molecule has 3 N–H and O–H groups in total. The van der Waals surface area contributed by atoms with E-state index in [4.69, 9.17) is 24.7 Å². The molecule has 0 aliphatic heterocycles. The Labute approximate surface area is 272 Å². The van der Waals surface area contributed by atoms with E-state index in [9.17, 15) is 9.59 Å². The molecule has 1 amide bonds. The molecule has 0 fully saturated rings. The first kappa shape index (κ1) is 34.7. The molecule has 1 aromatic carbocycles. The number of aromatic nitrogens is 5. The van der Waals surface area contributed by atoms with Crippen LogP contribution in [0.15, 0.2) is 30.6 Å². The molecule has 3 heterocycles. The molecule has 0 unspecified atom stereocenters. The summed E-state index contributed by atoms with van der Waals surface area (Å²) in [6.45, 7) is 22.9. The Morgan fingerprint density at radius 1 is 0.935 bits per heavy atom. The highest BCUT2D eigenvalue weighted by atomic mass is 28.4. The first-order valence-corrected chi connectivity index (χ1v) is 18.6. The van der Waals surface area contributed by atoms with Crippen molar-refractivity contribution in [2.24, 2.45) is 0 Å². The summed E-state index contributed by atoms with van der Waals surface area (Å²) in [4.78, 5) is 34.5. The van der Waals surface area contributed by atoms with Crippen LogP contribution in [0.1, 0.15) is 75.2 Å². The second kappa shape index (κ2) is 12.6. The molecule has 13 heteroatoms. The second-order valence-electron chi connectivity index (χ2n) is 15.1. The summed E-state index contributed by atoms with van der Waals surface area (Å²) in [7, 11) is -2.11. The van der Waals surface area contributed by atoms with Gasteiger partial charge >= 0.3 is 12.2 Å². The van der Waals surface area contributed by atoms with Crippen LogP contribution in [0.4, 0.5) is 15.4 Å². The van der Waals surface area contributed by atoms with Gasteiger partial charge in [-0.2, -0.15) is 5.10 Å². The van der Waals surface area contributed by atoms with Gasteiger partial charge < -0.3 is 25.0 Å². The van der Waals surface area contributed by atoms with Crippen molar-refractivity contribution in [3.8, 4) is 17.1 Å². The number of amides is 1. The number of aryl methyl sites for hydroxylation is 1. The number of carbonyl (C=O) groups excluding carboxylic acids is 2. The number of hydrogen-bond acceptors (Lipinski definition) is 9. The van der Waals surface area contributed by atoms with Crippen molar-refractivity contribution >= 4 is 48.3 Å². The number of ether oxygens (including phenoxy) is 2. The van der Waals surface area contributed by atoms with Crippen molar-refractivity contribution in [1.82, 2.24) is 29.6 Å². The number of nitrogens with two attached hydrogens (primary N) is 1. The summed E-state index contributed by atoms with van der Waals surface area (Å²) in [5.74, 6) is 0.992. The summed E-state index contributed by atoms with van der Waals surface area (Å²) in [5, 5.41) is 9.06. The van der Waals surface area contributed by atoms with Crippen molar-refractivity contribution in [2.45, 2.75) is 111 Å². The predicted octanol–water partition coefficient (Wildman–Crippen LogP) is 7.50. The molecule has 0 bridgehead atoms. The fraction of sp³-hybridized carbons (Fsp3) is 0.545. The van der Waals surface area contributed by atoms with Crippen LogP contribution in [-0.4, -0.2) is 62.6 Å². The molecule has 3 aromatic heterocycles. The van der Waals surface area contributed by atoms with E-state index >= 15 is 0 Å². The fourth-order valence-electron chi connectivity index (χ4n) is 4.64. The molecule has 0 saturated carbocycles. The lowest BCUT2D eigenvalue weighted by Crippen LogP contribution is -2.43. The van der Waals surface area contributed by atoms with E-state index in [0.29, 0.717) is 53.9 Å². The number of fused-ring (bicyclic) bond motifs is 2. The average Bonchev–Trinajstić information content (AvgIpc) is 3.44. The van der Waals surface area contributed by atoms with Gasteiger partial charge in [0.1, 0.15) is 34.8 Å². The Bertz CT molecular complexity index is 1740. The summed E-state index contributed by atoms with van der Waals surface area (Å²) in [6.07, 6.45) is 1.79. The maximum atomic E-state index is 13.8. The van der Waals surface area contributed by atoms with Crippen molar-refractivity contribution in [3.63, 3.8) is 0 Å². The van der Waals surface area contributed by atoms with Crippen molar-refractivity contribution in [1.29, 1.82) is 0 Å². The van der Waals surface area contributed by atoms with Gasteiger partial charge in [0, 0.05) is 18.5 Å². The molecule has 4 aromatic rings. The van der Waals surface area contributed by atoms with Crippen LogP contribution in [0.25, 0.3) is 33.3 Å². The van der Waals surface area contributed by atoms with E-state index in [1.54, 1.807) is 4.68 Å². The Hall–Kier alpha value is -4.13. The zero-order valence-electron chi connectivity index (χ0n) is 29.1. The third kappa shape index (κ3) is 7.98. The van der Waals surface area contributed by atoms with Crippen LogP contribution in [0.5, 0.6) is 5.75 Å². The monoisotopic (exact) mass is 651 g/mol. The second-order valence-corrected chi connectivity index (χ2v) is 19.8. The van der Waals surface area contributed by atoms with Gasteiger partial charge in [0.05, 0.1) is 16.6 Å². The lowest BCUT2D eigenvalue weighted by Gasteiger charge is -2.36. The maximum Gasteiger partial charge on any atom is 0.419 e. The molecule has 4 rings (SSSR count). The summed E-state index contributed by atoms with van der Waals surface area (Å²) < 4.78 is 21.0. The Balaban J connectivity index is 1.74. The highest BCUT2D eigenvalue weighted by Crippen LogP contribution is 2.40. The van der Waals surface area contributed by atoms with Gasteiger partial charge in [-0.3, -0.25) is 0 Å². The molecule has 12 nitrogen and oxygen atoms in total. The number of hydrogen-bond donors (Lipinski definition) is 2. The number of carbonyl (C=O) groups is 2. The number of nitrogens with zero attached hydrogens (tertiary/aromatic N) is 5. The van der Waals surface area contributed by atoms with Crippen molar-refractivity contribution in [3.05, 3.63) is 30.6 Å². The van der Waals surface area contributed by atoms with E-state index < -0.39 is 31.7 Å². The van der Waals surface area contributed by atoms with Gasteiger partial charge in [-0.15, -0.1) is 0 Å². The van der Waals surface area contributed by atoms with E-state index in [1.165, 1.54) is 10.9 Å². The smallest absolute Gasteiger partial charge is 0.419 e. The van der Waals surface area contributed by atoms with Crippen LogP contribution in [0.2, 0.25) is 18.1 Å². The molecule has 46 heavy (non-hydrogen) atoms. The summed E-state index contributed by atoms with van der Waals surface area (Å²) in [6, 6.07) is 7.63. The molecule has 250 valence electrons. The molecule has 0 aliphatic carbocycles. The van der Waals surface area contributed by atoms with Crippen molar-refractivity contribution < 1.29 is 23.5 Å². The van der Waals surface area contributed by atoms with Crippen LogP contribution >= 0.6 is 0 Å². The van der Waals surface area contributed by atoms with E-state index in [-0.39, 0.29) is 10.9 Å².